The summed E-state index contributed by atoms with van der Waals surface area (Å²) in [6, 6.07) is 11.4. The number of likely N-dealkylation sites (N-methyl/N-ethyl adjacent to an activating group) is 1. The Morgan fingerprint density at radius 2 is 1.96 bits per heavy atom. The topological polar surface area (TPSA) is 35.5 Å². The number of likely N-dealkylation sites (tertiary alicyclic amines) is 1. The first kappa shape index (κ1) is 19.2. The lowest BCUT2D eigenvalue weighted by Crippen LogP contribution is -2.32. The molecule has 0 bridgehead atoms. The van der Waals surface area contributed by atoms with Crippen molar-refractivity contribution < 1.29 is 13.9 Å². The third-order valence-corrected chi connectivity index (χ3v) is 5.50. The van der Waals surface area contributed by atoms with E-state index in [1.165, 1.54) is 12.1 Å². The molecule has 3 rings (SSSR count). The Kier molecular flexibility index (Phi) is 6.24. The van der Waals surface area contributed by atoms with Crippen molar-refractivity contribution in [2.24, 2.45) is 5.92 Å². The Bertz CT molecular complexity index is 758. The van der Waals surface area contributed by atoms with Gasteiger partial charge in [0.25, 0.3) is 0 Å². The van der Waals surface area contributed by atoms with Crippen LogP contribution < -0.4 is 5.32 Å². The van der Waals surface area contributed by atoms with E-state index in [1.54, 1.807) is 24.3 Å². The lowest BCUT2D eigenvalue weighted by Gasteiger charge is -2.28. The molecule has 0 amide bonds. The molecule has 1 aliphatic heterocycles. The maximum Gasteiger partial charge on any atom is 0.142 e. The predicted octanol–water partition coefficient (Wildman–Crippen LogP) is 3.76. The molecule has 1 fully saturated rings. The Morgan fingerprint density at radius 3 is 2.65 bits per heavy atom. The van der Waals surface area contributed by atoms with Crippen LogP contribution in [0.4, 0.5) is 8.78 Å². The molecule has 6 heteroatoms. The number of rotatable bonds is 6. The summed E-state index contributed by atoms with van der Waals surface area (Å²) in [7, 11) is 1.92. The van der Waals surface area contributed by atoms with E-state index in [2.05, 4.69) is 5.32 Å². The van der Waals surface area contributed by atoms with Gasteiger partial charge in [-0.2, -0.15) is 0 Å². The van der Waals surface area contributed by atoms with E-state index in [0.29, 0.717) is 18.7 Å². The second kappa shape index (κ2) is 8.44. The van der Waals surface area contributed by atoms with Gasteiger partial charge in [-0.15, -0.1) is 0 Å². The number of nitrogens with zero attached hydrogens (tertiary/aromatic N) is 1. The van der Waals surface area contributed by atoms with E-state index in [-0.39, 0.29) is 35.4 Å². The first-order valence-corrected chi connectivity index (χ1v) is 9.11. The number of nitrogens with one attached hydrogen (secondary N) is 1. The second-order valence-corrected chi connectivity index (χ2v) is 7.25. The van der Waals surface area contributed by atoms with Crippen LogP contribution in [0, 0.1) is 17.6 Å². The van der Waals surface area contributed by atoms with Gasteiger partial charge in [0.2, 0.25) is 0 Å². The van der Waals surface area contributed by atoms with Crippen LogP contribution in [0.5, 0.6) is 0 Å². The highest BCUT2D eigenvalue weighted by atomic mass is 35.5. The molecule has 1 saturated heterocycles. The average Bonchev–Trinajstić information content (AvgIpc) is 2.94. The summed E-state index contributed by atoms with van der Waals surface area (Å²) in [6.07, 6.45) is 0.772. The van der Waals surface area contributed by atoms with Gasteiger partial charge in [-0.25, -0.2) is 8.78 Å². The van der Waals surface area contributed by atoms with Crippen LogP contribution in [0.2, 0.25) is 5.02 Å². The lowest BCUT2D eigenvalue weighted by atomic mass is 9.92. The quantitative estimate of drug-likeness (QED) is 0.801. The summed E-state index contributed by atoms with van der Waals surface area (Å²) < 4.78 is 27.9. The largest absolute Gasteiger partial charge is 0.395 e. The molecule has 0 unspecified atom stereocenters. The molecule has 2 aromatic carbocycles. The number of halogens is 3. The van der Waals surface area contributed by atoms with Crippen LogP contribution in [0.15, 0.2) is 42.5 Å². The second-order valence-electron chi connectivity index (χ2n) is 6.84. The number of aliphatic hydroxyl groups excluding tert-OH is 1. The minimum absolute atomic E-state index is 0.000572. The van der Waals surface area contributed by atoms with Crippen LogP contribution in [-0.4, -0.2) is 36.2 Å². The van der Waals surface area contributed by atoms with Crippen molar-refractivity contribution >= 4 is 11.6 Å². The predicted molar refractivity (Wildman–Crippen MR) is 99.0 cm³/mol. The van der Waals surface area contributed by atoms with E-state index in [0.717, 1.165) is 12.0 Å². The van der Waals surface area contributed by atoms with Crippen LogP contribution in [0.3, 0.4) is 0 Å². The highest BCUT2D eigenvalue weighted by Crippen LogP contribution is 2.40. The smallest absolute Gasteiger partial charge is 0.142 e. The molecule has 26 heavy (non-hydrogen) atoms. The number of benzene rings is 2. The zero-order valence-electron chi connectivity index (χ0n) is 14.6. The van der Waals surface area contributed by atoms with Crippen LogP contribution in [-0.2, 0) is 6.54 Å². The Balaban J connectivity index is 1.70. The summed E-state index contributed by atoms with van der Waals surface area (Å²) in [5, 5.41) is 13.1. The minimum atomic E-state index is -0.434. The molecule has 0 saturated carbocycles. The molecule has 0 spiro atoms. The number of hydrogen-bond donors (Lipinski definition) is 2. The molecule has 3 nitrogen and oxygen atoms in total. The molecule has 0 radical (unpaired) electrons. The van der Waals surface area contributed by atoms with Crippen molar-refractivity contribution in [3.63, 3.8) is 0 Å². The van der Waals surface area contributed by atoms with Gasteiger partial charge < -0.3 is 10.4 Å². The number of aliphatic hydroxyl groups is 1. The zero-order valence-corrected chi connectivity index (χ0v) is 15.4. The van der Waals surface area contributed by atoms with Gasteiger partial charge in [0.1, 0.15) is 11.6 Å². The molecule has 1 aliphatic rings. The van der Waals surface area contributed by atoms with Gasteiger partial charge in [0, 0.05) is 30.7 Å². The van der Waals surface area contributed by atoms with Crippen LogP contribution in [0.1, 0.15) is 23.6 Å². The summed E-state index contributed by atoms with van der Waals surface area (Å²) >= 11 is 5.71. The average molecular weight is 381 g/mol. The molecule has 2 aromatic rings. The fourth-order valence-corrected chi connectivity index (χ4v) is 3.96. The summed E-state index contributed by atoms with van der Waals surface area (Å²) in [4.78, 5) is 2.05. The molecule has 1 heterocycles. The van der Waals surface area contributed by atoms with Gasteiger partial charge in [-0.05, 0) is 43.1 Å². The monoisotopic (exact) mass is 380 g/mol. The van der Waals surface area contributed by atoms with Gasteiger partial charge >= 0.3 is 0 Å². The normalized spacial score (nSPS) is 23.5. The van der Waals surface area contributed by atoms with E-state index in [9.17, 15) is 13.9 Å². The van der Waals surface area contributed by atoms with Gasteiger partial charge in [0.15, 0.2) is 0 Å². The molecule has 2 N–H and O–H groups in total. The van der Waals surface area contributed by atoms with Crippen molar-refractivity contribution in [3.05, 3.63) is 70.2 Å². The molecule has 3 atom stereocenters. The van der Waals surface area contributed by atoms with E-state index < -0.39 is 5.82 Å². The Labute approximate surface area is 157 Å². The lowest BCUT2D eigenvalue weighted by molar-refractivity contribution is 0.151. The van der Waals surface area contributed by atoms with E-state index >= 15 is 0 Å². The van der Waals surface area contributed by atoms with E-state index in [1.807, 2.05) is 18.0 Å². The third-order valence-electron chi connectivity index (χ3n) is 5.19. The van der Waals surface area contributed by atoms with Crippen molar-refractivity contribution in [3.8, 4) is 0 Å². The standard InChI is InChI=1S/C20H23ClF2N2O/c1-25-15(12-26)9-14(20(25)16-4-2-3-5-18(16)22)11-24-10-13-6-7-17(21)19(23)8-13/h2-8,14-15,20,24,26H,9-12H2,1H3/t14-,15+,20-/m1/s1. The molecule has 0 aromatic heterocycles. The summed E-state index contributed by atoms with van der Waals surface area (Å²) in [6.45, 7) is 1.19. The first-order valence-electron chi connectivity index (χ1n) is 8.73. The maximum absolute atomic E-state index is 14.3. The maximum atomic E-state index is 14.3. The Hall–Kier alpha value is -1.53. The van der Waals surface area contributed by atoms with Crippen molar-refractivity contribution in [1.29, 1.82) is 0 Å². The molecule has 0 aliphatic carbocycles. The summed E-state index contributed by atoms with van der Waals surface area (Å²) in [5.41, 5.74) is 1.45. The molecular formula is C20H23ClF2N2O. The molecule has 140 valence electrons. The van der Waals surface area contributed by atoms with Gasteiger partial charge in [0.05, 0.1) is 11.6 Å². The van der Waals surface area contributed by atoms with Crippen molar-refractivity contribution in [2.45, 2.75) is 25.0 Å². The van der Waals surface area contributed by atoms with Crippen LogP contribution in [0.25, 0.3) is 0 Å². The van der Waals surface area contributed by atoms with Gasteiger partial charge in [-0.3, -0.25) is 4.90 Å². The van der Waals surface area contributed by atoms with Crippen molar-refractivity contribution in [2.75, 3.05) is 20.2 Å². The fourth-order valence-electron chi connectivity index (χ4n) is 3.84. The fraction of sp³-hybridized carbons (Fsp3) is 0.400. The highest BCUT2D eigenvalue weighted by Gasteiger charge is 2.40. The van der Waals surface area contributed by atoms with E-state index in [4.69, 9.17) is 11.6 Å². The molecular weight excluding hydrogens is 358 g/mol. The highest BCUT2D eigenvalue weighted by molar-refractivity contribution is 6.30. The third kappa shape index (κ3) is 4.07. The Morgan fingerprint density at radius 1 is 1.19 bits per heavy atom. The number of hydrogen-bond acceptors (Lipinski definition) is 3. The summed E-state index contributed by atoms with van der Waals surface area (Å²) in [5.74, 6) is -0.518. The van der Waals surface area contributed by atoms with Crippen molar-refractivity contribution in [1.82, 2.24) is 10.2 Å². The minimum Gasteiger partial charge on any atom is -0.395 e. The first-order chi connectivity index (χ1) is 12.5. The van der Waals surface area contributed by atoms with Gasteiger partial charge in [-0.1, -0.05) is 35.9 Å². The SMILES string of the molecule is CN1[C@H](CO)C[C@H](CNCc2ccc(Cl)c(F)c2)[C@@H]1c1ccccc1F. The zero-order chi connectivity index (χ0) is 18.7. The van der Waals surface area contributed by atoms with Crippen LogP contribution >= 0.6 is 11.6 Å².